The molecule has 0 radical (unpaired) electrons. The van der Waals surface area contributed by atoms with Gasteiger partial charge in [-0.1, -0.05) is 90.4 Å². The van der Waals surface area contributed by atoms with Gasteiger partial charge in [-0.25, -0.2) is 0 Å². The maximum atomic E-state index is 12.8. The normalized spacial score (nSPS) is 36.3. The van der Waals surface area contributed by atoms with E-state index in [-0.39, 0.29) is 6.54 Å². The average molecular weight is 811 g/mol. The topological polar surface area (TPSA) is 278 Å². The number of rotatable bonds is 24. The summed E-state index contributed by atoms with van der Waals surface area (Å²) in [6.07, 6.45) is -5.07. The van der Waals surface area contributed by atoms with Gasteiger partial charge in [0.2, 0.25) is 11.8 Å². The zero-order valence-corrected chi connectivity index (χ0v) is 33.2. The number of carbonyl (C=O) groups is 2. The molecule has 3 fully saturated rings. The van der Waals surface area contributed by atoms with Crippen LogP contribution in [0.4, 0.5) is 0 Å². The van der Waals surface area contributed by atoms with Crippen LogP contribution in [0, 0.1) is 0 Å². The highest BCUT2D eigenvalue weighted by Crippen LogP contribution is 2.33. The zero-order chi connectivity index (χ0) is 41.4. The summed E-state index contributed by atoms with van der Waals surface area (Å²) in [6, 6.07) is -2.73. The number of aliphatic hydroxyl groups is 9. The van der Waals surface area contributed by atoms with Gasteiger partial charge in [0.05, 0.1) is 19.8 Å². The van der Waals surface area contributed by atoms with Crippen LogP contribution in [0.5, 0.6) is 0 Å². The molecule has 10 N–H and O–H groups in total. The number of nitrogens with one attached hydrogen (secondary N) is 1. The Morgan fingerprint density at radius 1 is 0.571 bits per heavy atom. The SMILES string of the molecule is CCCCCCCCCCCCCCCCN(C(C)=O)[C@@H]1[C@@H](O)[C@H](O[C@@H]2O[C@H](CO)[C@H](O[C@H]3O[C@H](CO)[C@@H](O)[C@H](O)[C@H]3NC(C)=O)[C@H](O)[C@H]2O)[C@@H](CO)O[C@H]1O. The van der Waals surface area contributed by atoms with Crippen molar-refractivity contribution in [1.82, 2.24) is 10.2 Å². The number of carbonyl (C=O) groups excluding carboxylic acids is 2. The van der Waals surface area contributed by atoms with E-state index in [1.165, 1.54) is 69.6 Å². The molecule has 328 valence electrons. The molecule has 3 heterocycles. The van der Waals surface area contributed by atoms with E-state index in [1.807, 2.05) is 0 Å². The molecule has 0 bridgehead atoms. The van der Waals surface area contributed by atoms with Gasteiger partial charge in [0.1, 0.15) is 73.1 Å². The minimum atomic E-state index is -1.94. The van der Waals surface area contributed by atoms with Crippen molar-refractivity contribution in [3.63, 3.8) is 0 Å². The predicted octanol–water partition coefficient (Wildman–Crippen LogP) is -1.09. The Bertz CT molecular complexity index is 1120. The Kier molecular flexibility index (Phi) is 21.9. The number of hydrogen-bond donors (Lipinski definition) is 10. The summed E-state index contributed by atoms with van der Waals surface area (Å²) in [7, 11) is 0. The molecule has 0 aromatic rings. The maximum Gasteiger partial charge on any atom is 0.219 e. The van der Waals surface area contributed by atoms with Crippen molar-refractivity contribution in [2.45, 2.75) is 203 Å². The minimum Gasteiger partial charge on any atom is -0.394 e. The molecule has 0 aromatic carbocycles. The molecule has 3 rings (SSSR count). The summed E-state index contributed by atoms with van der Waals surface area (Å²) in [5, 5.41) is 98.1. The fourth-order valence-electron chi connectivity index (χ4n) is 7.80. The van der Waals surface area contributed by atoms with E-state index >= 15 is 0 Å². The number of unbranched alkanes of at least 4 members (excludes halogenated alkanes) is 13. The van der Waals surface area contributed by atoms with Gasteiger partial charge >= 0.3 is 0 Å². The summed E-state index contributed by atoms with van der Waals surface area (Å²) in [6.45, 7) is 2.52. The van der Waals surface area contributed by atoms with Gasteiger partial charge in [-0.15, -0.1) is 0 Å². The Labute approximate surface area is 330 Å². The summed E-state index contributed by atoms with van der Waals surface area (Å²) < 4.78 is 28.6. The van der Waals surface area contributed by atoms with Gasteiger partial charge in [0.15, 0.2) is 18.9 Å². The van der Waals surface area contributed by atoms with E-state index in [4.69, 9.17) is 23.7 Å². The molecule has 0 unspecified atom stereocenters. The Morgan fingerprint density at radius 3 is 1.54 bits per heavy atom. The lowest BCUT2D eigenvalue weighted by atomic mass is 9.94. The number of aliphatic hydroxyl groups excluding tert-OH is 9. The molecule has 2 amide bonds. The van der Waals surface area contributed by atoms with Gasteiger partial charge in [0, 0.05) is 20.4 Å². The molecule has 0 saturated carbocycles. The molecule has 56 heavy (non-hydrogen) atoms. The van der Waals surface area contributed by atoms with Gasteiger partial charge in [-0.3, -0.25) is 9.59 Å². The minimum absolute atomic E-state index is 0.199. The molecule has 0 aromatic heterocycles. The fraction of sp³-hybridized carbons (Fsp3) is 0.947. The van der Waals surface area contributed by atoms with Crippen LogP contribution >= 0.6 is 0 Å². The third-order valence-corrected chi connectivity index (χ3v) is 11.0. The van der Waals surface area contributed by atoms with Gasteiger partial charge in [0.25, 0.3) is 0 Å². The van der Waals surface area contributed by atoms with Crippen LogP contribution in [0.1, 0.15) is 111 Å². The van der Waals surface area contributed by atoms with E-state index in [9.17, 15) is 55.5 Å². The molecule has 3 aliphatic heterocycles. The summed E-state index contributed by atoms with van der Waals surface area (Å²) in [4.78, 5) is 26.0. The van der Waals surface area contributed by atoms with Gasteiger partial charge in [-0.2, -0.15) is 0 Å². The van der Waals surface area contributed by atoms with Crippen molar-refractivity contribution in [2.24, 2.45) is 0 Å². The fourth-order valence-corrected chi connectivity index (χ4v) is 7.80. The first-order valence-corrected chi connectivity index (χ1v) is 20.5. The molecule has 15 atom stereocenters. The summed E-state index contributed by atoms with van der Waals surface area (Å²) >= 11 is 0. The lowest BCUT2D eigenvalue weighted by Gasteiger charge is -2.49. The second kappa shape index (κ2) is 25.1. The standard InChI is InChI=1S/C38H70N2O16/c1-4-5-6-7-8-9-10-11-12-13-14-15-16-17-18-40(23(3)45)28-31(48)34(25(20-42)52-36(28)51)56-38-33(50)32(49)35(26(21-43)54-38)55-37-27(39-22(2)44)30(47)29(46)24(19-41)53-37/h24-38,41-43,46-51H,4-21H2,1-3H3,(H,39,44)/t24-,25-,26-,27-,28-,29-,30-,31-,32-,33-,34-,35+,36-,37-,38+/m1/s1. The first-order chi connectivity index (χ1) is 26.8. The van der Waals surface area contributed by atoms with Crippen molar-refractivity contribution in [3.8, 4) is 0 Å². The third kappa shape index (κ3) is 13.7. The van der Waals surface area contributed by atoms with Crippen LogP contribution in [-0.4, -0.2) is 181 Å². The van der Waals surface area contributed by atoms with Crippen molar-refractivity contribution in [2.75, 3.05) is 26.4 Å². The molecular weight excluding hydrogens is 740 g/mol. The Morgan fingerprint density at radius 2 is 1.04 bits per heavy atom. The van der Waals surface area contributed by atoms with Crippen LogP contribution in [0.15, 0.2) is 0 Å². The molecule has 18 nitrogen and oxygen atoms in total. The van der Waals surface area contributed by atoms with E-state index < -0.39 is 124 Å². The lowest BCUT2D eigenvalue weighted by Crippen LogP contribution is -2.69. The number of hydrogen-bond acceptors (Lipinski definition) is 16. The van der Waals surface area contributed by atoms with Crippen LogP contribution in [0.3, 0.4) is 0 Å². The Hall–Kier alpha value is -1.62. The van der Waals surface area contributed by atoms with Crippen LogP contribution in [-0.2, 0) is 33.3 Å². The number of nitrogens with zero attached hydrogens (tertiary/aromatic N) is 1. The highest BCUT2D eigenvalue weighted by Gasteiger charge is 2.54. The highest BCUT2D eigenvalue weighted by atomic mass is 16.7. The van der Waals surface area contributed by atoms with E-state index in [1.54, 1.807) is 0 Å². The molecule has 3 aliphatic rings. The van der Waals surface area contributed by atoms with Crippen LogP contribution in [0.2, 0.25) is 0 Å². The molecular formula is C38H70N2O16. The molecule has 18 heteroatoms. The second-order valence-electron chi connectivity index (χ2n) is 15.4. The first-order valence-electron chi connectivity index (χ1n) is 20.5. The van der Waals surface area contributed by atoms with E-state index in [2.05, 4.69) is 12.2 Å². The van der Waals surface area contributed by atoms with Crippen molar-refractivity contribution >= 4 is 11.8 Å². The maximum absolute atomic E-state index is 12.8. The van der Waals surface area contributed by atoms with E-state index in [0.29, 0.717) is 6.42 Å². The number of amides is 2. The third-order valence-electron chi connectivity index (χ3n) is 11.0. The van der Waals surface area contributed by atoms with Crippen LogP contribution in [0.25, 0.3) is 0 Å². The number of ether oxygens (including phenoxy) is 5. The first kappa shape index (κ1) is 48.7. The molecule has 0 aliphatic carbocycles. The van der Waals surface area contributed by atoms with Gasteiger partial charge in [-0.05, 0) is 6.42 Å². The smallest absolute Gasteiger partial charge is 0.219 e. The highest BCUT2D eigenvalue weighted by molar-refractivity contribution is 5.74. The van der Waals surface area contributed by atoms with Crippen molar-refractivity contribution in [1.29, 1.82) is 0 Å². The van der Waals surface area contributed by atoms with Crippen molar-refractivity contribution < 1.29 is 79.2 Å². The van der Waals surface area contributed by atoms with E-state index in [0.717, 1.165) is 32.6 Å². The van der Waals surface area contributed by atoms with Crippen LogP contribution < -0.4 is 5.32 Å². The second-order valence-corrected chi connectivity index (χ2v) is 15.4. The monoisotopic (exact) mass is 810 g/mol. The largest absolute Gasteiger partial charge is 0.394 e. The predicted molar refractivity (Wildman–Crippen MR) is 198 cm³/mol. The lowest BCUT2D eigenvalue weighted by molar-refractivity contribution is -0.368. The average Bonchev–Trinajstić information content (AvgIpc) is 3.16. The quantitative estimate of drug-likeness (QED) is 0.0519. The molecule has 3 saturated heterocycles. The van der Waals surface area contributed by atoms with Crippen molar-refractivity contribution in [3.05, 3.63) is 0 Å². The Balaban J connectivity index is 1.59. The summed E-state index contributed by atoms with van der Waals surface area (Å²) in [5.74, 6) is -1.08. The van der Waals surface area contributed by atoms with Gasteiger partial charge < -0.3 is 79.9 Å². The summed E-state index contributed by atoms with van der Waals surface area (Å²) in [5.41, 5.74) is 0. The molecule has 0 spiro atoms. The zero-order valence-electron chi connectivity index (χ0n) is 33.2.